The highest BCUT2D eigenvalue weighted by molar-refractivity contribution is 5.91. The zero-order valence-electron chi connectivity index (χ0n) is 28.0. The third kappa shape index (κ3) is 4.54. The summed E-state index contributed by atoms with van der Waals surface area (Å²) in [4.78, 5) is 10.2. The number of aromatic nitrogens is 2. The van der Waals surface area contributed by atoms with Crippen molar-refractivity contribution in [2.24, 2.45) is 0 Å². The fraction of sp³-hybridized carbons (Fsp3) is 0.0208. The second-order valence-electron chi connectivity index (χ2n) is 13.3. The molecule has 1 aromatic heterocycles. The molecule has 1 spiro atoms. The molecule has 0 radical (unpaired) electrons. The predicted octanol–water partition coefficient (Wildman–Crippen LogP) is 11.5. The van der Waals surface area contributed by atoms with Gasteiger partial charge in [0, 0.05) is 27.8 Å². The molecule has 0 fully saturated rings. The van der Waals surface area contributed by atoms with Crippen LogP contribution in [0.3, 0.4) is 0 Å². The van der Waals surface area contributed by atoms with E-state index in [9.17, 15) is 5.26 Å². The molecular weight excluding hydrogens is 635 g/mol. The standard InChI is InChI=1S/C48H29N3O/c49-30-31-12-11-17-34(26-31)35-22-24-38-37-18-7-8-19-39(37)48(41(38)27-35)40-20-9-10-21-45(40)52-46-25-23-36(28-42(46)48)44-29-43(32-13-3-1-4-14-32)50-47(51-44)33-15-5-2-6-16-33/h1-29H. The normalized spacial score (nSPS) is 14.8. The Balaban J connectivity index is 1.25. The first-order chi connectivity index (χ1) is 25.7. The van der Waals surface area contributed by atoms with E-state index >= 15 is 0 Å². The second kappa shape index (κ2) is 11.8. The molecule has 2 heterocycles. The van der Waals surface area contributed by atoms with E-state index in [0.717, 1.165) is 61.8 Å². The van der Waals surface area contributed by atoms with Crippen LogP contribution in [0.2, 0.25) is 0 Å². The van der Waals surface area contributed by atoms with Crippen LogP contribution in [0.15, 0.2) is 176 Å². The van der Waals surface area contributed by atoms with Crippen LogP contribution < -0.4 is 4.74 Å². The van der Waals surface area contributed by atoms with E-state index in [0.29, 0.717) is 11.4 Å². The number of rotatable bonds is 4. The van der Waals surface area contributed by atoms with Crippen molar-refractivity contribution in [1.29, 1.82) is 5.26 Å². The molecule has 242 valence electrons. The maximum Gasteiger partial charge on any atom is 0.160 e. The largest absolute Gasteiger partial charge is 0.457 e. The second-order valence-corrected chi connectivity index (χ2v) is 13.3. The fourth-order valence-corrected chi connectivity index (χ4v) is 8.08. The van der Waals surface area contributed by atoms with E-state index in [-0.39, 0.29) is 0 Å². The number of hydrogen-bond donors (Lipinski definition) is 0. The molecule has 1 atom stereocenters. The van der Waals surface area contributed by atoms with Gasteiger partial charge >= 0.3 is 0 Å². The van der Waals surface area contributed by atoms with Gasteiger partial charge in [-0.2, -0.15) is 5.26 Å². The smallest absolute Gasteiger partial charge is 0.160 e. The summed E-state index contributed by atoms with van der Waals surface area (Å²) in [6.45, 7) is 0. The van der Waals surface area contributed by atoms with E-state index in [2.05, 4.69) is 121 Å². The molecule has 0 bridgehead atoms. The van der Waals surface area contributed by atoms with Gasteiger partial charge in [0.2, 0.25) is 0 Å². The lowest BCUT2D eigenvalue weighted by molar-refractivity contribution is 0.436. The van der Waals surface area contributed by atoms with Gasteiger partial charge in [0.15, 0.2) is 5.82 Å². The van der Waals surface area contributed by atoms with Crippen molar-refractivity contribution in [2.45, 2.75) is 5.41 Å². The van der Waals surface area contributed by atoms with Gasteiger partial charge in [0.05, 0.1) is 28.4 Å². The van der Waals surface area contributed by atoms with Gasteiger partial charge in [-0.25, -0.2) is 9.97 Å². The molecule has 0 amide bonds. The first-order valence-corrected chi connectivity index (χ1v) is 17.4. The highest BCUT2D eigenvalue weighted by Crippen LogP contribution is 2.62. The van der Waals surface area contributed by atoms with Crippen LogP contribution in [0.4, 0.5) is 0 Å². The summed E-state index contributed by atoms with van der Waals surface area (Å²) in [5.74, 6) is 2.32. The van der Waals surface area contributed by atoms with Crippen LogP contribution in [-0.2, 0) is 5.41 Å². The molecule has 2 aliphatic rings. The molecule has 0 saturated carbocycles. The number of benzene rings is 7. The van der Waals surface area contributed by atoms with E-state index in [1.807, 2.05) is 60.7 Å². The van der Waals surface area contributed by atoms with E-state index in [4.69, 9.17) is 14.7 Å². The summed E-state index contributed by atoms with van der Waals surface area (Å²) < 4.78 is 6.75. The highest BCUT2D eigenvalue weighted by atomic mass is 16.5. The van der Waals surface area contributed by atoms with E-state index < -0.39 is 5.41 Å². The molecule has 0 saturated heterocycles. The SMILES string of the molecule is N#Cc1cccc(-c2ccc3c(c2)C2(c4ccccc4Oc4ccc(-c5cc(-c6ccccc6)nc(-c6ccccc6)n5)cc42)c2ccccc2-3)c1. The maximum absolute atomic E-state index is 9.71. The van der Waals surface area contributed by atoms with Gasteiger partial charge in [-0.15, -0.1) is 0 Å². The third-order valence-electron chi connectivity index (χ3n) is 10.4. The zero-order valence-corrected chi connectivity index (χ0v) is 28.0. The lowest BCUT2D eigenvalue weighted by atomic mass is 9.65. The molecule has 4 heteroatoms. The molecule has 8 aromatic rings. The number of fused-ring (bicyclic) bond motifs is 9. The van der Waals surface area contributed by atoms with E-state index in [1.165, 1.54) is 22.3 Å². The van der Waals surface area contributed by atoms with Crippen LogP contribution in [0.5, 0.6) is 11.5 Å². The Morgan fingerprint density at radius 3 is 1.83 bits per heavy atom. The van der Waals surface area contributed by atoms with Gasteiger partial charge in [-0.05, 0) is 81.9 Å². The fourth-order valence-electron chi connectivity index (χ4n) is 8.08. The van der Waals surface area contributed by atoms with Crippen LogP contribution >= 0.6 is 0 Å². The molecular formula is C48H29N3O. The van der Waals surface area contributed by atoms with Gasteiger partial charge in [0.25, 0.3) is 0 Å². The quantitative estimate of drug-likeness (QED) is 0.188. The summed E-state index contributed by atoms with van der Waals surface area (Å²) in [6, 6.07) is 63.0. The van der Waals surface area contributed by atoms with Crippen molar-refractivity contribution in [3.05, 3.63) is 204 Å². The van der Waals surface area contributed by atoms with Crippen LogP contribution in [0, 0.1) is 11.3 Å². The number of nitriles is 1. The minimum atomic E-state index is -0.674. The number of ether oxygens (including phenoxy) is 1. The molecule has 7 aromatic carbocycles. The predicted molar refractivity (Wildman–Crippen MR) is 206 cm³/mol. The average Bonchev–Trinajstić information content (AvgIpc) is 3.51. The molecule has 4 nitrogen and oxygen atoms in total. The molecule has 1 aliphatic heterocycles. The van der Waals surface area contributed by atoms with E-state index in [1.54, 1.807) is 0 Å². The summed E-state index contributed by atoms with van der Waals surface area (Å²) in [5, 5.41) is 9.71. The van der Waals surface area contributed by atoms with Crippen molar-refractivity contribution >= 4 is 0 Å². The number of hydrogen-bond acceptors (Lipinski definition) is 4. The molecule has 10 rings (SSSR count). The Bertz CT molecular complexity index is 2670. The molecule has 1 aliphatic carbocycles. The lowest BCUT2D eigenvalue weighted by Crippen LogP contribution is -2.32. The Morgan fingerprint density at radius 1 is 0.423 bits per heavy atom. The molecule has 0 N–H and O–H groups in total. The van der Waals surface area contributed by atoms with Crippen LogP contribution in [0.1, 0.15) is 27.8 Å². The van der Waals surface area contributed by atoms with Gasteiger partial charge in [0.1, 0.15) is 11.5 Å². The van der Waals surface area contributed by atoms with Crippen LogP contribution in [0.25, 0.3) is 56.2 Å². The summed E-state index contributed by atoms with van der Waals surface area (Å²) in [5.41, 5.74) is 13.6. The van der Waals surface area contributed by atoms with Gasteiger partial charge < -0.3 is 4.74 Å². The molecule has 1 unspecified atom stereocenters. The average molecular weight is 664 g/mol. The van der Waals surface area contributed by atoms with Gasteiger partial charge in [-0.1, -0.05) is 127 Å². The van der Waals surface area contributed by atoms with Crippen molar-refractivity contribution in [1.82, 2.24) is 9.97 Å². The minimum Gasteiger partial charge on any atom is -0.457 e. The third-order valence-corrected chi connectivity index (χ3v) is 10.4. The highest BCUT2D eigenvalue weighted by Gasteiger charge is 2.51. The maximum atomic E-state index is 9.71. The minimum absolute atomic E-state index is 0.636. The first-order valence-electron chi connectivity index (χ1n) is 17.4. The van der Waals surface area contributed by atoms with Crippen molar-refractivity contribution in [3.63, 3.8) is 0 Å². The Kier molecular flexibility index (Phi) is 6.74. The summed E-state index contributed by atoms with van der Waals surface area (Å²) >= 11 is 0. The lowest BCUT2D eigenvalue weighted by Gasteiger charge is -2.39. The van der Waals surface area contributed by atoms with Crippen molar-refractivity contribution in [3.8, 4) is 73.7 Å². The zero-order chi connectivity index (χ0) is 34.6. The monoisotopic (exact) mass is 663 g/mol. The van der Waals surface area contributed by atoms with Crippen LogP contribution in [-0.4, -0.2) is 9.97 Å². The number of nitrogens with zero attached hydrogens (tertiary/aromatic N) is 3. The molecule has 52 heavy (non-hydrogen) atoms. The first kappa shape index (κ1) is 29.8. The number of para-hydroxylation sites is 1. The van der Waals surface area contributed by atoms with Crippen molar-refractivity contribution in [2.75, 3.05) is 0 Å². The topological polar surface area (TPSA) is 58.8 Å². The Morgan fingerprint density at radius 2 is 1.02 bits per heavy atom. The Hall–Kier alpha value is -7.09. The summed E-state index contributed by atoms with van der Waals surface area (Å²) in [6.07, 6.45) is 0. The summed E-state index contributed by atoms with van der Waals surface area (Å²) in [7, 11) is 0. The van der Waals surface area contributed by atoms with Crippen molar-refractivity contribution < 1.29 is 4.74 Å². The van der Waals surface area contributed by atoms with Gasteiger partial charge in [-0.3, -0.25) is 0 Å². The Labute approximate surface area is 301 Å².